The van der Waals surface area contributed by atoms with Crippen LogP contribution in [0.4, 0.5) is 4.39 Å². The number of hydrogen-bond donors (Lipinski definition) is 2. The van der Waals surface area contributed by atoms with Gasteiger partial charge in [-0.25, -0.2) is 9.18 Å². The largest absolute Gasteiger partial charge is 0.478 e. The van der Waals surface area contributed by atoms with Gasteiger partial charge in [0.05, 0.1) is 25.4 Å². The summed E-state index contributed by atoms with van der Waals surface area (Å²) in [5.41, 5.74) is 0.269. The number of aromatic carboxylic acids is 1. The van der Waals surface area contributed by atoms with Crippen LogP contribution in [0.15, 0.2) is 18.2 Å². The van der Waals surface area contributed by atoms with Crippen LogP contribution < -0.4 is 0 Å². The van der Waals surface area contributed by atoms with E-state index in [2.05, 4.69) is 0 Å². The van der Waals surface area contributed by atoms with Crippen LogP contribution in [-0.2, 0) is 11.3 Å². The lowest BCUT2D eigenvalue weighted by Crippen LogP contribution is -2.06. The molecule has 15 heavy (non-hydrogen) atoms. The fourth-order valence-electron chi connectivity index (χ4n) is 1.14. The number of carbonyl (C=O) groups is 1. The van der Waals surface area contributed by atoms with Crippen molar-refractivity contribution < 1.29 is 24.1 Å². The summed E-state index contributed by atoms with van der Waals surface area (Å²) < 4.78 is 17.8. The Balaban J connectivity index is 2.82. The van der Waals surface area contributed by atoms with Crippen LogP contribution in [0.3, 0.4) is 0 Å². The zero-order chi connectivity index (χ0) is 11.3. The lowest BCUT2D eigenvalue weighted by molar-refractivity contribution is 0.0672. The SMILES string of the molecule is O=C(O)c1ccc(F)cc1COCCO. The van der Waals surface area contributed by atoms with Crippen molar-refractivity contribution in [1.29, 1.82) is 0 Å². The third kappa shape index (κ3) is 3.30. The van der Waals surface area contributed by atoms with E-state index in [1.54, 1.807) is 0 Å². The van der Waals surface area contributed by atoms with E-state index >= 15 is 0 Å². The summed E-state index contributed by atoms with van der Waals surface area (Å²) in [6.45, 7) is -0.0900. The molecule has 5 heteroatoms. The summed E-state index contributed by atoms with van der Waals surface area (Å²) in [5, 5.41) is 17.2. The van der Waals surface area contributed by atoms with E-state index in [4.69, 9.17) is 14.9 Å². The Labute approximate surface area is 85.9 Å². The van der Waals surface area contributed by atoms with E-state index in [1.807, 2.05) is 0 Å². The summed E-state index contributed by atoms with van der Waals surface area (Å²) in [6.07, 6.45) is 0. The van der Waals surface area contributed by atoms with Gasteiger partial charge in [0.15, 0.2) is 0 Å². The molecular formula is C10H11FO4. The van der Waals surface area contributed by atoms with E-state index in [-0.39, 0.29) is 30.9 Å². The monoisotopic (exact) mass is 214 g/mol. The van der Waals surface area contributed by atoms with Crippen LogP contribution in [0, 0.1) is 5.82 Å². The minimum absolute atomic E-state index is 0.00865. The van der Waals surface area contributed by atoms with Crippen molar-refractivity contribution in [2.24, 2.45) is 0 Å². The minimum atomic E-state index is -1.13. The Morgan fingerprint density at radius 2 is 2.20 bits per heavy atom. The Hall–Kier alpha value is -1.46. The zero-order valence-corrected chi connectivity index (χ0v) is 7.94. The zero-order valence-electron chi connectivity index (χ0n) is 7.94. The first-order valence-electron chi connectivity index (χ1n) is 4.35. The fraction of sp³-hybridized carbons (Fsp3) is 0.300. The highest BCUT2D eigenvalue weighted by atomic mass is 19.1. The van der Waals surface area contributed by atoms with Crippen LogP contribution in [0.2, 0.25) is 0 Å². The molecule has 0 spiro atoms. The number of aliphatic hydroxyl groups is 1. The number of benzene rings is 1. The van der Waals surface area contributed by atoms with Crippen molar-refractivity contribution >= 4 is 5.97 Å². The lowest BCUT2D eigenvalue weighted by atomic mass is 10.1. The van der Waals surface area contributed by atoms with Crippen molar-refractivity contribution in [2.45, 2.75) is 6.61 Å². The predicted molar refractivity (Wildman–Crippen MR) is 50.1 cm³/mol. The average Bonchev–Trinajstić information content (AvgIpc) is 2.18. The molecule has 0 aliphatic rings. The second-order valence-electron chi connectivity index (χ2n) is 2.88. The van der Waals surface area contributed by atoms with E-state index in [9.17, 15) is 9.18 Å². The molecule has 82 valence electrons. The molecule has 0 amide bonds. The van der Waals surface area contributed by atoms with Crippen molar-refractivity contribution in [3.63, 3.8) is 0 Å². The molecule has 0 atom stereocenters. The van der Waals surface area contributed by atoms with Gasteiger partial charge in [-0.05, 0) is 23.8 Å². The first-order valence-corrected chi connectivity index (χ1v) is 4.35. The number of carboxylic acid groups (broad SMARTS) is 1. The normalized spacial score (nSPS) is 10.3. The first kappa shape index (κ1) is 11.6. The molecule has 1 aromatic carbocycles. The predicted octanol–water partition coefficient (Wildman–Crippen LogP) is 1.03. The number of aliphatic hydroxyl groups excluding tert-OH is 1. The molecule has 0 aliphatic heterocycles. The summed E-state index contributed by atoms with van der Waals surface area (Å²) in [4.78, 5) is 10.7. The Kier molecular flexibility index (Phi) is 4.20. The van der Waals surface area contributed by atoms with Crippen molar-refractivity contribution in [1.82, 2.24) is 0 Å². The Morgan fingerprint density at radius 1 is 1.47 bits per heavy atom. The molecule has 0 fully saturated rings. The van der Waals surface area contributed by atoms with Gasteiger partial charge in [-0.2, -0.15) is 0 Å². The third-order valence-electron chi connectivity index (χ3n) is 1.79. The number of hydrogen-bond acceptors (Lipinski definition) is 3. The molecule has 0 aromatic heterocycles. The van der Waals surface area contributed by atoms with Gasteiger partial charge in [0.25, 0.3) is 0 Å². The van der Waals surface area contributed by atoms with Gasteiger partial charge in [0, 0.05) is 0 Å². The average molecular weight is 214 g/mol. The maximum Gasteiger partial charge on any atom is 0.336 e. The molecule has 1 rings (SSSR count). The van der Waals surface area contributed by atoms with Crippen LogP contribution in [-0.4, -0.2) is 29.4 Å². The molecule has 4 nitrogen and oxygen atoms in total. The number of halogens is 1. The van der Waals surface area contributed by atoms with E-state index in [0.29, 0.717) is 0 Å². The molecular weight excluding hydrogens is 203 g/mol. The van der Waals surface area contributed by atoms with Crippen LogP contribution >= 0.6 is 0 Å². The fourth-order valence-corrected chi connectivity index (χ4v) is 1.14. The highest BCUT2D eigenvalue weighted by Crippen LogP contribution is 2.12. The van der Waals surface area contributed by atoms with Gasteiger partial charge in [-0.1, -0.05) is 0 Å². The standard InChI is InChI=1S/C10H11FO4/c11-8-1-2-9(10(13)14)7(5-8)6-15-4-3-12/h1-2,5,12H,3-4,6H2,(H,13,14). The number of carboxylic acids is 1. The second kappa shape index (κ2) is 5.43. The molecule has 1 aromatic rings. The highest BCUT2D eigenvalue weighted by Gasteiger charge is 2.10. The smallest absolute Gasteiger partial charge is 0.336 e. The number of rotatable bonds is 5. The van der Waals surface area contributed by atoms with Crippen LogP contribution in [0.1, 0.15) is 15.9 Å². The molecule has 0 aliphatic carbocycles. The lowest BCUT2D eigenvalue weighted by Gasteiger charge is -2.06. The van der Waals surface area contributed by atoms with Gasteiger partial charge in [-0.15, -0.1) is 0 Å². The molecule has 0 heterocycles. The van der Waals surface area contributed by atoms with Crippen molar-refractivity contribution in [2.75, 3.05) is 13.2 Å². The first-order chi connectivity index (χ1) is 7.15. The van der Waals surface area contributed by atoms with E-state index < -0.39 is 11.8 Å². The van der Waals surface area contributed by atoms with Crippen LogP contribution in [0.5, 0.6) is 0 Å². The van der Waals surface area contributed by atoms with Crippen molar-refractivity contribution in [3.8, 4) is 0 Å². The third-order valence-corrected chi connectivity index (χ3v) is 1.79. The number of ether oxygens (including phenoxy) is 1. The summed E-state index contributed by atoms with van der Waals surface area (Å²) in [5.74, 6) is -1.64. The topological polar surface area (TPSA) is 66.8 Å². The summed E-state index contributed by atoms with van der Waals surface area (Å²) in [6, 6.07) is 3.38. The van der Waals surface area contributed by atoms with Crippen molar-refractivity contribution in [3.05, 3.63) is 35.1 Å². The van der Waals surface area contributed by atoms with Crippen LogP contribution in [0.25, 0.3) is 0 Å². The Morgan fingerprint density at radius 3 is 2.80 bits per heavy atom. The molecule has 0 radical (unpaired) electrons. The molecule has 0 saturated heterocycles. The molecule has 0 saturated carbocycles. The van der Waals surface area contributed by atoms with Gasteiger partial charge >= 0.3 is 5.97 Å². The van der Waals surface area contributed by atoms with Gasteiger partial charge in [0.2, 0.25) is 0 Å². The second-order valence-corrected chi connectivity index (χ2v) is 2.88. The molecule has 0 unspecified atom stereocenters. The summed E-state index contributed by atoms with van der Waals surface area (Å²) >= 11 is 0. The quantitative estimate of drug-likeness (QED) is 0.718. The Bertz CT molecular complexity index is 351. The maximum atomic E-state index is 12.8. The van der Waals surface area contributed by atoms with E-state index in [0.717, 1.165) is 12.1 Å². The van der Waals surface area contributed by atoms with E-state index in [1.165, 1.54) is 6.07 Å². The minimum Gasteiger partial charge on any atom is -0.478 e. The van der Waals surface area contributed by atoms with Gasteiger partial charge in [-0.3, -0.25) is 0 Å². The highest BCUT2D eigenvalue weighted by molar-refractivity contribution is 5.89. The van der Waals surface area contributed by atoms with Gasteiger partial charge in [0.1, 0.15) is 5.82 Å². The molecule has 0 bridgehead atoms. The maximum absolute atomic E-state index is 12.8. The summed E-state index contributed by atoms with van der Waals surface area (Å²) in [7, 11) is 0. The molecule has 2 N–H and O–H groups in total. The van der Waals surface area contributed by atoms with Gasteiger partial charge < -0.3 is 14.9 Å².